The predicted molar refractivity (Wildman–Crippen MR) is 127 cm³/mol. The summed E-state index contributed by atoms with van der Waals surface area (Å²) in [5.41, 5.74) is 0.293. The van der Waals surface area contributed by atoms with Crippen molar-refractivity contribution in [3.63, 3.8) is 0 Å². The maximum Gasteiger partial charge on any atom is 0.422 e. The SMILES string of the molecule is Cc1cc2ccnn2c(C(=O)N2CC(F)(F)C2)c1NC(=O)c1cc(OCC(F)(F)F)nn1-c1ncccc1Cl. The van der Waals surface area contributed by atoms with E-state index >= 15 is 0 Å². The zero-order chi connectivity index (χ0) is 28.1. The molecule has 0 aromatic carbocycles. The number of nitrogens with one attached hydrogen (secondary N) is 1. The third kappa shape index (κ3) is 5.21. The Hall–Kier alpha value is -4.27. The Morgan fingerprint density at radius 2 is 1.92 bits per heavy atom. The van der Waals surface area contributed by atoms with Crippen molar-refractivity contribution in [2.45, 2.75) is 19.0 Å². The first kappa shape index (κ1) is 26.3. The molecule has 4 aromatic rings. The van der Waals surface area contributed by atoms with Gasteiger partial charge in [0, 0.05) is 12.3 Å². The number of pyridine rings is 2. The number of carbonyl (C=O) groups excluding carboxylic acids is 2. The van der Waals surface area contributed by atoms with Gasteiger partial charge >= 0.3 is 6.18 Å². The number of aromatic nitrogens is 5. The molecule has 0 saturated carbocycles. The maximum atomic E-state index is 13.5. The number of hydrogen-bond acceptors (Lipinski definition) is 6. The van der Waals surface area contributed by atoms with E-state index in [-0.39, 0.29) is 27.9 Å². The molecule has 0 bridgehead atoms. The summed E-state index contributed by atoms with van der Waals surface area (Å²) < 4.78 is 72.0. The normalized spacial score (nSPS) is 14.8. The molecule has 10 nitrogen and oxygen atoms in total. The number of rotatable bonds is 6. The van der Waals surface area contributed by atoms with Crippen molar-refractivity contribution in [1.29, 1.82) is 0 Å². The highest BCUT2D eigenvalue weighted by Gasteiger charge is 2.47. The van der Waals surface area contributed by atoms with E-state index in [0.717, 1.165) is 15.6 Å². The largest absolute Gasteiger partial charge is 0.467 e. The number of anilines is 1. The van der Waals surface area contributed by atoms with Crippen molar-refractivity contribution in [3.05, 3.63) is 64.7 Å². The first-order chi connectivity index (χ1) is 18.3. The molecule has 204 valence electrons. The van der Waals surface area contributed by atoms with Gasteiger partial charge in [-0.2, -0.15) is 18.3 Å². The van der Waals surface area contributed by atoms with Crippen LogP contribution in [0.3, 0.4) is 0 Å². The fourth-order valence-corrected chi connectivity index (χ4v) is 4.18. The average Bonchev–Trinajstić information content (AvgIpc) is 3.48. The lowest BCUT2D eigenvalue weighted by atomic mass is 10.1. The van der Waals surface area contributed by atoms with Gasteiger partial charge in [-0.15, -0.1) is 5.10 Å². The van der Waals surface area contributed by atoms with Crippen LogP contribution < -0.4 is 10.1 Å². The lowest BCUT2D eigenvalue weighted by molar-refractivity contribution is -0.154. The number of fused-ring (bicyclic) bond motifs is 1. The van der Waals surface area contributed by atoms with Crippen LogP contribution in [-0.4, -0.2) is 72.9 Å². The second-order valence-electron chi connectivity index (χ2n) is 8.68. The van der Waals surface area contributed by atoms with Crippen LogP contribution in [0.15, 0.2) is 42.7 Å². The third-order valence-electron chi connectivity index (χ3n) is 5.70. The molecule has 0 aliphatic carbocycles. The highest BCUT2D eigenvalue weighted by atomic mass is 35.5. The Kier molecular flexibility index (Phi) is 6.40. The number of hydrogen-bond donors (Lipinski definition) is 1. The number of amides is 2. The minimum absolute atomic E-state index is 0.0285. The molecule has 0 radical (unpaired) electrons. The molecule has 1 aliphatic heterocycles. The highest BCUT2D eigenvalue weighted by Crippen LogP contribution is 2.32. The lowest BCUT2D eigenvalue weighted by Gasteiger charge is -2.38. The summed E-state index contributed by atoms with van der Waals surface area (Å²) in [5.74, 6) is -5.39. The van der Waals surface area contributed by atoms with Crippen molar-refractivity contribution in [2.24, 2.45) is 0 Å². The topological polar surface area (TPSA) is 107 Å². The van der Waals surface area contributed by atoms with Crippen molar-refractivity contribution in [1.82, 2.24) is 29.3 Å². The zero-order valence-corrected chi connectivity index (χ0v) is 20.6. The van der Waals surface area contributed by atoms with Crippen LogP contribution in [0.4, 0.5) is 27.6 Å². The van der Waals surface area contributed by atoms with Crippen molar-refractivity contribution in [2.75, 3.05) is 25.0 Å². The molecule has 1 fully saturated rings. The van der Waals surface area contributed by atoms with Crippen LogP contribution >= 0.6 is 11.6 Å². The lowest BCUT2D eigenvalue weighted by Crippen LogP contribution is -2.58. The zero-order valence-electron chi connectivity index (χ0n) is 19.8. The number of ether oxygens (including phenoxy) is 1. The quantitative estimate of drug-likeness (QED) is 0.350. The van der Waals surface area contributed by atoms with E-state index < -0.39 is 49.5 Å². The predicted octanol–water partition coefficient (Wildman–Crippen LogP) is 4.16. The van der Waals surface area contributed by atoms with Crippen molar-refractivity contribution < 1.29 is 36.3 Å². The van der Waals surface area contributed by atoms with E-state index in [9.17, 15) is 31.5 Å². The number of aryl methyl sites for hydroxylation is 1. The van der Waals surface area contributed by atoms with Crippen molar-refractivity contribution in [3.8, 4) is 11.7 Å². The van der Waals surface area contributed by atoms with Gasteiger partial charge in [0.25, 0.3) is 17.7 Å². The number of nitrogens with zero attached hydrogens (tertiary/aromatic N) is 6. The molecule has 5 heterocycles. The molecular weight excluding hydrogens is 553 g/mol. The van der Waals surface area contributed by atoms with Gasteiger partial charge in [0.2, 0.25) is 5.88 Å². The fraction of sp³-hybridized carbons (Fsp3) is 0.261. The van der Waals surface area contributed by atoms with E-state index in [0.29, 0.717) is 11.1 Å². The smallest absolute Gasteiger partial charge is 0.422 e. The summed E-state index contributed by atoms with van der Waals surface area (Å²) in [7, 11) is 0. The van der Waals surface area contributed by atoms with Gasteiger partial charge in [-0.3, -0.25) is 9.59 Å². The van der Waals surface area contributed by atoms with Crippen LogP contribution in [0.1, 0.15) is 26.5 Å². The van der Waals surface area contributed by atoms with Gasteiger partial charge in [0.15, 0.2) is 18.1 Å². The first-order valence-electron chi connectivity index (χ1n) is 11.2. The number of likely N-dealkylation sites (tertiary alicyclic amines) is 1. The van der Waals surface area contributed by atoms with Gasteiger partial charge < -0.3 is 15.0 Å². The van der Waals surface area contributed by atoms with E-state index in [1.54, 1.807) is 19.1 Å². The van der Waals surface area contributed by atoms with Crippen LogP contribution in [-0.2, 0) is 0 Å². The number of alkyl halides is 5. The van der Waals surface area contributed by atoms with Gasteiger partial charge in [0.1, 0.15) is 5.69 Å². The average molecular weight is 570 g/mol. The van der Waals surface area contributed by atoms with Crippen molar-refractivity contribution >= 4 is 34.6 Å². The summed E-state index contributed by atoms with van der Waals surface area (Å²) in [4.78, 5) is 31.7. The molecule has 4 aromatic heterocycles. The Morgan fingerprint density at radius 3 is 2.59 bits per heavy atom. The molecule has 16 heteroatoms. The van der Waals surface area contributed by atoms with E-state index in [4.69, 9.17) is 16.3 Å². The van der Waals surface area contributed by atoms with Crippen LogP contribution in [0.2, 0.25) is 5.02 Å². The summed E-state index contributed by atoms with van der Waals surface area (Å²) in [6, 6.07) is 7.07. The van der Waals surface area contributed by atoms with E-state index in [1.807, 2.05) is 0 Å². The summed E-state index contributed by atoms with van der Waals surface area (Å²) >= 11 is 6.18. The number of carbonyl (C=O) groups is 2. The third-order valence-corrected chi connectivity index (χ3v) is 5.99. The van der Waals surface area contributed by atoms with E-state index in [2.05, 4.69) is 20.5 Å². The minimum Gasteiger partial charge on any atom is -0.467 e. The second-order valence-corrected chi connectivity index (χ2v) is 9.09. The second kappa shape index (κ2) is 9.48. The summed E-state index contributed by atoms with van der Waals surface area (Å²) in [6.45, 7) is -1.70. The molecule has 1 saturated heterocycles. The molecule has 1 N–H and O–H groups in total. The molecule has 0 atom stereocenters. The van der Waals surface area contributed by atoms with Crippen LogP contribution in [0.5, 0.6) is 5.88 Å². The van der Waals surface area contributed by atoms with Gasteiger partial charge in [-0.25, -0.2) is 23.0 Å². The molecule has 5 rings (SSSR count). The van der Waals surface area contributed by atoms with Crippen LogP contribution in [0, 0.1) is 6.92 Å². The van der Waals surface area contributed by atoms with Gasteiger partial charge in [-0.1, -0.05) is 11.6 Å². The Bertz CT molecular complexity index is 1590. The van der Waals surface area contributed by atoms with Crippen LogP contribution in [0.25, 0.3) is 11.3 Å². The summed E-state index contributed by atoms with van der Waals surface area (Å²) in [5, 5.41) is 10.6. The standard InChI is InChI=1S/C23H17ClF5N7O3/c1-12-7-13-4-6-31-35(13)18(21(38)34-9-22(25,26)10-34)17(12)32-20(37)15-8-16(39-11-23(27,28)29)33-36(15)19-14(24)3-2-5-30-19/h2-8H,9-11H2,1H3,(H,32,37). The summed E-state index contributed by atoms with van der Waals surface area (Å²) in [6.07, 6.45) is -1.95. The molecule has 1 aliphatic rings. The highest BCUT2D eigenvalue weighted by molar-refractivity contribution is 6.32. The monoisotopic (exact) mass is 569 g/mol. The molecular formula is C23H17ClF5N7O3. The molecule has 2 amide bonds. The van der Waals surface area contributed by atoms with Gasteiger partial charge in [-0.05, 0) is 36.8 Å². The Labute approximate surface area is 220 Å². The maximum absolute atomic E-state index is 13.5. The van der Waals surface area contributed by atoms with Gasteiger partial charge in [0.05, 0.1) is 35.5 Å². The minimum atomic E-state index is -4.67. The number of halogens is 6. The van der Waals surface area contributed by atoms with E-state index in [1.165, 1.54) is 29.0 Å². The molecule has 0 spiro atoms. The fourth-order valence-electron chi connectivity index (χ4n) is 3.98. The molecule has 39 heavy (non-hydrogen) atoms. The Morgan fingerprint density at radius 1 is 1.18 bits per heavy atom. The first-order valence-corrected chi connectivity index (χ1v) is 11.6. The molecule has 0 unspecified atom stereocenters. The Balaban J connectivity index is 1.55.